The van der Waals surface area contributed by atoms with Crippen molar-refractivity contribution in [2.24, 2.45) is 0 Å². The van der Waals surface area contributed by atoms with Crippen LogP contribution in [0.25, 0.3) is 0 Å². The molecule has 0 amide bonds. The van der Waals surface area contributed by atoms with Crippen molar-refractivity contribution in [3.8, 4) is 5.75 Å². The van der Waals surface area contributed by atoms with Crippen LogP contribution < -0.4 is 4.89 Å². The Morgan fingerprint density at radius 3 is 2.30 bits per heavy atom. The molecule has 0 saturated heterocycles. The van der Waals surface area contributed by atoms with Gasteiger partial charge in [0.25, 0.3) is 5.78 Å². The van der Waals surface area contributed by atoms with Crippen LogP contribution in [0.2, 0.25) is 0 Å². The Balaban J connectivity index is 1.75. The SMILES string of the molecule is CCOC(=O)Cc1ccccc1OOCCOC(=O)C(=O)c1ccccc1. The lowest BCUT2D eigenvalue weighted by molar-refractivity contribution is -0.215. The van der Waals surface area contributed by atoms with Gasteiger partial charge in [0, 0.05) is 11.1 Å². The maximum Gasteiger partial charge on any atom is 0.379 e. The zero-order chi connectivity index (χ0) is 19.5. The van der Waals surface area contributed by atoms with E-state index in [0.717, 1.165) is 0 Å². The molecule has 27 heavy (non-hydrogen) atoms. The average molecular weight is 372 g/mol. The molecule has 7 nitrogen and oxygen atoms in total. The molecule has 0 aliphatic heterocycles. The van der Waals surface area contributed by atoms with Crippen LogP contribution in [0, 0.1) is 0 Å². The van der Waals surface area contributed by atoms with Gasteiger partial charge in [0.05, 0.1) is 13.0 Å². The minimum Gasteiger partial charge on any atom is -0.466 e. The predicted octanol–water partition coefficient (Wildman–Crippen LogP) is 2.53. The van der Waals surface area contributed by atoms with Gasteiger partial charge in [-0.15, -0.1) is 0 Å². The molecular weight excluding hydrogens is 352 g/mol. The highest BCUT2D eigenvalue weighted by molar-refractivity contribution is 6.40. The van der Waals surface area contributed by atoms with Gasteiger partial charge in [0.15, 0.2) is 5.75 Å². The summed E-state index contributed by atoms with van der Waals surface area (Å²) in [6, 6.07) is 15.0. The first-order valence-electron chi connectivity index (χ1n) is 8.41. The third-order valence-corrected chi connectivity index (χ3v) is 3.38. The molecule has 7 heteroatoms. The molecule has 0 aliphatic carbocycles. The lowest BCUT2D eigenvalue weighted by Crippen LogP contribution is -2.20. The Hall–Kier alpha value is -3.19. The van der Waals surface area contributed by atoms with Crippen LogP contribution in [0.4, 0.5) is 0 Å². The fourth-order valence-electron chi connectivity index (χ4n) is 2.15. The molecule has 0 heterocycles. The van der Waals surface area contributed by atoms with Crippen molar-refractivity contribution in [3.63, 3.8) is 0 Å². The van der Waals surface area contributed by atoms with Gasteiger partial charge in [-0.1, -0.05) is 48.5 Å². The van der Waals surface area contributed by atoms with E-state index in [0.29, 0.717) is 17.9 Å². The summed E-state index contributed by atoms with van der Waals surface area (Å²) in [5.41, 5.74) is 0.861. The smallest absolute Gasteiger partial charge is 0.379 e. The molecule has 0 N–H and O–H groups in total. The summed E-state index contributed by atoms with van der Waals surface area (Å²) >= 11 is 0. The van der Waals surface area contributed by atoms with E-state index in [2.05, 4.69) is 0 Å². The fourth-order valence-corrected chi connectivity index (χ4v) is 2.15. The number of hydrogen-bond donors (Lipinski definition) is 0. The Bertz CT molecular complexity index is 771. The van der Waals surface area contributed by atoms with Crippen molar-refractivity contribution in [2.75, 3.05) is 19.8 Å². The Labute approximate surface area is 156 Å². The molecule has 2 rings (SSSR count). The van der Waals surface area contributed by atoms with E-state index in [-0.39, 0.29) is 31.2 Å². The van der Waals surface area contributed by atoms with Crippen LogP contribution in [0.5, 0.6) is 5.75 Å². The standard InChI is InChI=1S/C20H20O7/c1-2-24-18(21)14-16-10-6-7-11-17(16)27-26-13-12-25-20(23)19(22)15-8-4-3-5-9-15/h3-11H,2,12-14H2,1H3. The quantitative estimate of drug-likeness (QED) is 0.158. The number of Topliss-reactive ketones (excluding diaryl/α,β-unsaturated/α-hetero) is 1. The number of ketones is 1. The molecule has 2 aromatic rings. The molecule has 0 bridgehead atoms. The summed E-state index contributed by atoms with van der Waals surface area (Å²) in [4.78, 5) is 45.3. The summed E-state index contributed by atoms with van der Waals surface area (Å²) in [7, 11) is 0. The number of hydrogen-bond acceptors (Lipinski definition) is 7. The first-order valence-corrected chi connectivity index (χ1v) is 8.41. The summed E-state index contributed by atoms with van der Waals surface area (Å²) in [5, 5.41) is 0. The number of esters is 2. The van der Waals surface area contributed by atoms with Crippen molar-refractivity contribution in [1.82, 2.24) is 0 Å². The number of carbonyl (C=O) groups is 3. The Morgan fingerprint density at radius 1 is 0.852 bits per heavy atom. The van der Waals surface area contributed by atoms with E-state index in [4.69, 9.17) is 19.2 Å². The molecule has 142 valence electrons. The number of rotatable bonds is 10. The molecule has 0 atom stereocenters. The van der Waals surface area contributed by atoms with Gasteiger partial charge in [0.1, 0.15) is 13.2 Å². The van der Waals surface area contributed by atoms with Crippen LogP contribution in [0.3, 0.4) is 0 Å². The van der Waals surface area contributed by atoms with Crippen molar-refractivity contribution < 1.29 is 33.6 Å². The van der Waals surface area contributed by atoms with Gasteiger partial charge in [0.2, 0.25) is 0 Å². The minimum absolute atomic E-state index is 0.0495. The predicted molar refractivity (Wildman–Crippen MR) is 95.1 cm³/mol. The molecule has 2 aromatic carbocycles. The van der Waals surface area contributed by atoms with Crippen LogP contribution in [-0.4, -0.2) is 37.5 Å². The second-order valence-electron chi connectivity index (χ2n) is 5.33. The number of carbonyl (C=O) groups excluding carboxylic acids is 3. The van der Waals surface area contributed by atoms with Gasteiger partial charge >= 0.3 is 11.9 Å². The van der Waals surface area contributed by atoms with Crippen LogP contribution >= 0.6 is 0 Å². The van der Waals surface area contributed by atoms with E-state index < -0.39 is 11.8 Å². The molecule has 0 saturated carbocycles. The first-order chi connectivity index (χ1) is 13.1. The van der Waals surface area contributed by atoms with Gasteiger partial charge in [-0.3, -0.25) is 9.59 Å². The van der Waals surface area contributed by atoms with Crippen LogP contribution in [0.1, 0.15) is 22.8 Å². The highest BCUT2D eigenvalue weighted by Crippen LogP contribution is 2.19. The Morgan fingerprint density at radius 2 is 1.56 bits per heavy atom. The number of ether oxygens (including phenoxy) is 2. The highest BCUT2D eigenvalue weighted by atomic mass is 17.2. The third kappa shape index (κ3) is 6.56. The summed E-state index contributed by atoms with van der Waals surface area (Å²) in [5.74, 6) is -1.71. The molecule has 0 fully saturated rings. The third-order valence-electron chi connectivity index (χ3n) is 3.38. The zero-order valence-electron chi connectivity index (χ0n) is 14.9. The van der Waals surface area contributed by atoms with E-state index in [1.54, 1.807) is 49.4 Å². The van der Waals surface area contributed by atoms with Crippen LogP contribution in [-0.2, 0) is 30.4 Å². The molecular formula is C20H20O7. The minimum atomic E-state index is -0.965. The van der Waals surface area contributed by atoms with Crippen molar-refractivity contribution in [3.05, 3.63) is 65.7 Å². The molecule has 0 aromatic heterocycles. The number of benzene rings is 2. The van der Waals surface area contributed by atoms with Gasteiger partial charge in [-0.05, 0) is 13.0 Å². The van der Waals surface area contributed by atoms with E-state index in [1.807, 2.05) is 0 Å². The largest absolute Gasteiger partial charge is 0.466 e. The average Bonchev–Trinajstić information content (AvgIpc) is 2.69. The molecule has 0 aliphatic rings. The van der Waals surface area contributed by atoms with Gasteiger partial charge < -0.3 is 14.4 Å². The van der Waals surface area contributed by atoms with E-state index >= 15 is 0 Å². The van der Waals surface area contributed by atoms with Crippen molar-refractivity contribution in [1.29, 1.82) is 0 Å². The van der Waals surface area contributed by atoms with Gasteiger partial charge in [-0.25, -0.2) is 4.79 Å². The maximum absolute atomic E-state index is 11.8. The Kier molecular flexibility index (Phi) is 7.99. The molecule has 0 spiro atoms. The van der Waals surface area contributed by atoms with Crippen molar-refractivity contribution in [2.45, 2.75) is 13.3 Å². The topological polar surface area (TPSA) is 88.1 Å². The van der Waals surface area contributed by atoms with E-state index in [9.17, 15) is 14.4 Å². The second-order valence-corrected chi connectivity index (χ2v) is 5.33. The molecule has 0 unspecified atom stereocenters. The monoisotopic (exact) mass is 372 g/mol. The normalized spacial score (nSPS) is 10.1. The summed E-state index contributed by atoms with van der Waals surface area (Å²) in [6.45, 7) is 1.79. The second kappa shape index (κ2) is 10.7. The summed E-state index contributed by atoms with van der Waals surface area (Å²) in [6.07, 6.45) is 0.0495. The lowest BCUT2D eigenvalue weighted by atomic mass is 10.1. The van der Waals surface area contributed by atoms with Gasteiger partial charge in [-0.2, -0.15) is 4.89 Å². The van der Waals surface area contributed by atoms with Crippen LogP contribution in [0.15, 0.2) is 54.6 Å². The number of para-hydroxylation sites is 1. The highest BCUT2D eigenvalue weighted by Gasteiger charge is 2.17. The van der Waals surface area contributed by atoms with E-state index in [1.165, 1.54) is 12.1 Å². The van der Waals surface area contributed by atoms with Crippen molar-refractivity contribution >= 4 is 17.7 Å². The zero-order valence-corrected chi connectivity index (χ0v) is 14.9. The lowest BCUT2D eigenvalue weighted by Gasteiger charge is -2.10. The maximum atomic E-state index is 11.8. The first kappa shape index (κ1) is 20.1. The molecule has 0 radical (unpaired) electrons. The summed E-state index contributed by atoms with van der Waals surface area (Å²) < 4.78 is 9.76. The fraction of sp³-hybridized carbons (Fsp3) is 0.250.